The number of benzene rings is 1. The molecule has 2 rings (SSSR count). The van der Waals surface area contributed by atoms with E-state index in [1.165, 1.54) is 11.3 Å². The van der Waals surface area contributed by atoms with Gasteiger partial charge in [0.2, 0.25) is 0 Å². The predicted molar refractivity (Wildman–Crippen MR) is 80.8 cm³/mol. The highest BCUT2D eigenvalue weighted by molar-refractivity contribution is 5.55. The Bertz CT molecular complexity index is 394. The predicted octanol–water partition coefficient (Wildman–Crippen LogP) is 2.97. The first-order chi connectivity index (χ1) is 9.22. The van der Waals surface area contributed by atoms with E-state index in [9.17, 15) is 0 Å². The Balaban J connectivity index is 2.22. The lowest BCUT2D eigenvalue weighted by Crippen LogP contribution is -2.32. The zero-order valence-corrected chi connectivity index (χ0v) is 12.4. The molecule has 106 valence electrons. The van der Waals surface area contributed by atoms with Crippen molar-refractivity contribution in [3.63, 3.8) is 0 Å². The minimum absolute atomic E-state index is 0.310. The molecule has 0 radical (unpaired) electrons. The number of ether oxygens (including phenoxy) is 1. The maximum atomic E-state index is 5.75. The van der Waals surface area contributed by atoms with Crippen LogP contribution < -0.4 is 10.2 Å². The second-order valence-corrected chi connectivity index (χ2v) is 5.32. The summed E-state index contributed by atoms with van der Waals surface area (Å²) in [6, 6.07) is 9.12. The normalized spacial score (nSPS) is 22.1. The minimum Gasteiger partial charge on any atom is -0.377 e. The maximum absolute atomic E-state index is 5.75. The molecule has 1 aliphatic heterocycles. The van der Waals surface area contributed by atoms with Crippen LogP contribution in [0.4, 0.5) is 5.69 Å². The molecular weight excluding hydrogens is 236 g/mol. The lowest BCUT2D eigenvalue weighted by atomic mass is 10.0. The third kappa shape index (κ3) is 3.71. The first kappa shape index (κ1) is 14.4. The highest BCUT2D eigenvalue weighted by atomic mass is 16.5. The van der Waals surface area contributed by atoms with Crippen molar-refractivity contribution < 1.29 is 4.74 Å². The van der Waals surface area contributed by atoms with Crippen molar-refractivity contribution in [1.82, 2.24) is 5.32 Å². The second kappa shape index (κ2) is 6.92. The number of rotatable bonds is 4. The summed E-state index contributed by atoms with van der Waals surface area (Å²) in [6.45, 7) is 10.5. The Labute approximate surface area is 116 Å². The standard InChI is InChI=1S/C16H26N2O/c1-4-17-14(3)15-8-5-6-9-16(15)18-10-7-11-19-13(2)12-18/h5-6,8-9,13-14,17H,4,7,10-12H2,1-3H3. The van der Waals surface area contributed by atoms with Gasteiger partial charge in [-0.2, -0.15) is 0 Å². The van der Waals surface area contributed by atoms with Crippen molar-refractivity contribution in [2.24, 2.45) is 0 Å². The van der Waals surface area contributed by atoms with E-state index in [-0.39, 0.29) is 0 Å². The van der Waals surface area contributed by atoms with Crippen LogP contribution in [0.1, 0.15) is 38.8 Å². The Morgan fingerprint density at radius 3 is 3.00 bits per heavy atom. The molecule has 1 N–H and O–H groups in total. The number of para-hydroxylation sites is 1. The average molecular weight is 262 g/mol. The zero-order chi connectivity index (χ0) is 13.7. The summed E-state index contributed by atoms with van der Waals surface area (Å²) in [5, 5.41) is 3.51. The van der Waals surface area contributed by atoms with Crippen molar-refractivity contribution in [2.45, 2.75) is 39.3 Å². The van der Waals surface area contributed by atoms with E-state index < -0.39 is 0 Å². The van der Waals surface area contributed by atoms with Crippen LogP contribution in [0.25, 0.3) is 0 Å². The van der Waals surface area contributed by atoms with Crippen LogP contribution in [-0.4, -0.2) is 32.3 Å². The molecule has 2 unspecified atom stereocenters. The van der Waals surface area contributed by atoms with Crippen LogP contribution in [0.5, 0.6) is 0 Å². The molecule has 0 spiro atoms. The molecule has 0 amide bonds. The van der Waals surface area contributed by atoms with Crippen LogP contribution in [0.2, 0.25) is 0 Å². The molecule has 0 aromatic heterocycles. The fourth-order valence-electron chi connectivity index (χ4n) is 2.77. The summed E-state index contributed by atoms with van der Waals surface area (Å²) in [5.41, 5.74) is 2.74. The molecule has 0 saturated carbocycles. The van der Waals surface area contributed by atoms with Gasteiger partial charge >= 0.3 is 0 Å². The topological polar surface area (TPSA) is 24.5 Å². The molecule has 19 heavy (non-hydrogen) atoms. The first-order valence-electron chi connectivity index (χ1n) is 7.41. The molecule has 3 nitrogen and oxygen atoms in total. The smallest absolute Gasteiger partial charge is 0.0721 e. The van der Waals surface area contributed by atoms with Crippen molar-refractivity contribution in [1.29, 1.82) is 0 Å². The van der Waals surface area contributed by atoms with Gasteiger partial charge in [-0.05, 0) is 38.4 Å². The fourth-order valence-corrected chi connectivity index (χ4v) is 2.77. The zero-order valence-electron chi connectivity index (χ0n) is 12.4. The van der Waals surface area contributed by atoms with Gasteiger partial charge in [0.15, 0.2) is 0 Å². The molecule has 1 aromatic rings. The third-order valence-electron chi connectivity index (χ3n) is 3.71. The van der Waals surface area contributed by atoms with Crippen molar-refractivity contribution in [2.75, 3.05) is 31.1 Å². The van der Waals surface area contributed by atoms with Crippen LogP contribution >= 0.6 is 0 Å². The van der Waals surface area contributed by atoms with Gasteiger partial charge in [-0.3, -0.25) is 0 Å². The molecule has 1 heterocycles. The Morgan fingerprint density at radius 2 is 2.21 bits per heavy atom. The Morgan fingerprint density at radius 1 is 1.42 bits per heavy atom. The van der Waals surface area contributed by atoms with E-state index in [1.54, 1.807) is 0 Å². The van der Waals surface area contributed by atoms with Crippen LogP contribution in [0, 0.1) is 0 Å². The quantitative estimate of drug-likeness (QED) is 0.903. The van der Waals surface area contributed by atoms with E-state index in [0.717, 1.165) is 32.7 Å². The van der Waals surface area contributed by atoms with Crippen LogP contribution in [0.3, 0.4) is 0 Å². The second-order valence-electron chi connectivity index (χ2n) is 5.32. The van der Waals surface area contributed by atoms with Gasteiger partial charge in [-0.25, -0.2) is 0 Å². The average Bonchev–Trinajstić information content (AvgIpc) is 2.64. The highest BCUT2D eigenvalue weighted by Crippen LogP contribution is 2.27. The lowest BCUT2D eigenvalue weighted by Gasteiger charge is -2.28. The number of hydrogen-bond acceptors (Lipinski definition) is 3. The summed E-state index contributed by atoms with van der Waals surface area (Å²) >= 11 is 0. The number of anilines is 1. The number of nitrogens with one attached hydrogen (secondary N) is 1. The molecule has 0 bridgehead atoms. The number of hydrogen-bond donors (Lipinski definition) is 1. The SMILES string of the molecule is CCNC(C)c1ccccc1N1CCCOC(C)C1. The molecular formula is C16H26N2O. The molecule has 1 aromatic carbocycles. The van der Waals surface area contributed by atoms with E-state index >= 15 is 0 Å². The maximum Gasteiger partial charge on any atom is 0.0721 e. The summed E-state index contributed by atoms with van der Waals surface area (Å²) in [4.78, 5) is 2.47. The lowest BCUT2D eigenvalue weighted by molar-refractivity contribution is 0.0820. The molecule has 0 aliphatic carbocycles. The van der Waals surface area contributed by atoms with Gasteiger partial charge in [0.1, 0.15) is 0 Å². The van der Waals surface area contributed by atoms with E-state index in [2.05, 4.69) is 55.3 Å². The fraction of sp³-hybridized carbons (Fsp3) is 0.625. The van der Waals surface area contributed by atoms with Gasteiger partial charge in [0.25, 0.3) is 0 Å². The van der Waals surface area contributed by atoms with Crippen molar-refractivity contribution in [3.05, 3.63) is 29.8 Å². The summed E-state index contributed by atoms with van der Waals surface area (Å²) in [7, 11) is 0. The van der Waals surface area contributed by atoms with Crippen LogP contribution in [-0.2, 0) is 4.74 Å². The van der Waals surface area contributed by atoms with Gasteiger partial charge in [0, 0.05) is 31.4 Å². The van der Waals surface area contributed by atoms with Crippen LogP contribution in [0.15, 0.2) is 24.3 Å². The summed E-state index contributed by atoms with van der Waals surface area (Å²) in [5.74, 6) is 0. The summed E-state index contributed by atoms with van der Waals surface area (Å²) in [6.07, 6.45) is 1.42. The van der Waals surface area contributed by atoms with Gasteiger partial charge in [0.05, 0.1) is 6.10 Å². The monoisotopic (exact) mass is 262 g/mol. The Hall–Kier alpha value is -1.06. The van der Waals surface area contributed by atoms with Crippen molar-refractivity contribution >= 4 is 5.69 Å². The first-order valence-corrected chi connectivity index (χ1v) is 7.41. The minimum atomic E-state index is 0.310. The number of nitrogens with zero attached hydrogens (tertiary/aromatic N) is 1. The molecule has 3 heteroatoms. The van der Waals surface area contributed by atoms with E-state index in [0.29, 0.717) is 12.1 Å². The van der Waals surface area contributed by atoms with E-state index in [1.807, 2.05) is 0 Å². The largest absolute Gasteiger partial charge is 0.377 e. The van der Waals surface area contributed by atoms with Gasteiger partial charge < -0.3 is 15.0 Å². The van der Waals surface area contributed by atoms with Gasteiger partial charge in [-0.1, -0.05) is 25.1 Å². The molecule has 1 fully saturated rings. The molecule has 1 saturated heterocycles. The van der Waals surface area contributed by atoms with E-state index in [4.69, 9.17) is 4.74 Å². The molecule has 2 atom stereocenters. The van der Waals surface area contributed by atoms with Gasteiger partial charge in [-0.15, -0.1) is 0 Å². The highest BCUT2D eigenvalue weighted by Gasteiger charge is 2.19. The summed E-state index contributed by atoms with van der Waals surface area (Å²) < 4.78 is 5.75. The molecule has 1 aliphatic rings. The Kier molecular flexibility index (Phi) is 5.23. The third-order valence-corrected chi connectivity index (χ3v) is 3.71. The van der Waals surface area contributed by atoms with Crippen molar-refractivity contribution in [3.8, 4) is 0 Å².